The molecule has 0 radical (unpaired) electrons. The van der Waals surface area contributed by atoms with Crippen LogP contribution < -0.4 is 11.3 Å². The third kappa shape index (κ3) is 2.49. The molecular weight excluding hydrogens is 360 g/mol. The van der Waals surface area contributed by atoms with Crippen LogP contribution in [0.3, 0.4) is 0 Å². The van der Waals surface area contributed by atoms with Gasteiger partial charge in [0.05, 0.1) is 11.1 Å². The summed E-state index contributed by atoms with van der Waals surface area (Å²) in [6.07, 6.45) is 3.85. The fourth-order valence-corrected chi connectivity index (χ4v) is 3.53. The second kappa shape index (κ2) is 5.28. The maximum atomic E-state index is 11.9. The number of nitrogens with two attached hydrogens (primary N) is 1. The number of fused-ring (bicyclic) bond motifs is 1. The largest absolute Gasteiger partial charge is 0.334 e. The Morgan fingerprint density at radius 2 is 2.04 bits per heavy atom. The zero-order valence-corrected chi connectivity index (χ0v) is 13.9. The van der Waals surface area contributed by atoms with Crippen molar-refractivity contribution in [2.45, 2.75) is 31.2 Å². The molecule has 0 bridgehead atoms. The van der Waals surface area contributed by atoms with Gasteiger partial charge in [-0.1, -0.05) is 33.9 Å². The predicted octanol–water partition coefficient (Wildman–Crippen LogP) is 3.07. The van der Waals surface area contributed by atoms with Crippen LogP contribution in [0.25, 0.3) is 22.4 Å². The Hall–Kier alpha value is -1.99. The molecule has 6 nitrogen and oxygen atoms in total. The lowest BCUT2D eigenvalue weighted by molar-refractivity contribution is 0.373. The van der Waals surface area contributed by atoms with Gasteiger partial charge in [-0.15, -0.1) is 0 Å². The van der Waals surface area contributed by atoms with Gasteiger partial charge in [0.25, 0.3) is 5.89 Å². The molecule has 3 N–H and O–H groups in total. The van der Waals surface area contributed by atoms with Crippen molar-refractivity contribution in [2.24, 2.45) is 5.73 Å². The molecule has 23 heavy (non-hydrogen) atoms. The number of nitrogens with one attached hydrogen (secondary N) is 1. The molecule has 4 rings (SSSR count). The maximum Gasteiger partial charge on any atom is 0.258 e. The van der Waals surface area contributed by atoms with Gasteiger partial charge in [-0.3, -0.25) is 4.79 Å². The van der Waals surface area contributed by atoms with E-state index in [0.29, 0.717) is 17.3 Å². The van der Waals surface area contributed by atoms with Crippen molar-refractivity contribution in [1.82, 2.24) is 15.1 Å². The van der Waals surface area contributed by atoms with Gasteiger partial charge in [-0.25, -0.2) is 0 Å². The Morgan fingerprint density at radius 1 is 1.26 bits per heavy atom. The standard InChI is InChI=1S/C16H15BrN4O2/c17-9-3-4-12-10(7-9)11(8-13(22)19-12)14-20-15(21-23-14)16(18)5-1-2-6-16/h3-4,7-8H,1-2,5-6,18H2,(H,19,22). The topological polar surface area (TPSA) is 97.8 Å². The second-order valence-electron chi connectivity index (χ2n) is 6.02. The van der Waals surface area contributed by atoms with Gasteiger partial charge >= 0.3 is 0 Å². The highest BCUT2D eigenvalue weighted by Crippen LogP contribution is 2.36. The number of aromatic amines is 1. The normalized spacial score (nSPS) is 17.0. The first-order valence-electron chi connectivity index (χ1n) is 7.51. The van der Waals surface area contributed by atoms with E-state index in [1.165, 1.54) is 6.07 Å². The van der Waals surface area contributed by atoms with Crippen LogP contribution in [0.2, 0.25) is 0 Å². The molecule has 1 fully saturated rings. The first-order valence-corrected chi connectivity index (χ1v) is 8.30. The minimum Gasteiger partial charge on any atom is -0.334 e. The monoisotopic (exact) mass is 374 g/mol. The Balaban J connectivity index is 1.88. The molecule has 1 aliphatic carbocycles. The van der Waals surface area contributed by atoms with Crippen molar-refractivity contribution >= 4 is 26.8 Å². The summed E-state index contributed by atoms with van der Waals surface area (Å²) in [5.41, 5.74) is 6.99. The predicted molar refractivity (Wildman–Crippen MR) is 89.9 cm³/mol. The van der Waals surface area contributed by atoms with Crippen LogP contribution in [0.1, 0.15) is 31.5 Å². The van der Waals surface area contributed by atoms with Crippen molar-refractivity contribution in [2.75, 3.05) is 0 Å². The molecule has 0 unspecified atom stereocenters. The number of rotatable bonds is 2. The SMILES string of the molecule is NC1(c2noc(-c3cc(=O)[nH]c4ccc(Br)cc34)n2)CCCC1. The summed E-state index contributed by atoms with van der Waals surface area (Å²) < 4.78 is 6.33. The Morgan fingerprint density at radius 3 is 2.83 bits per heavy atom. The quantitative estimate of drug-likeness (QED) is 0.718. The number of halogens is 1. The Bertz CT molecular complexity index is 941. The van der Waals surface area contributed by atoms with E-state index in [9.17, 15) is 4.79 Å². The lowest BCUT2D eigenvalue weighted by atomic mass is 9.98. The number of H-pyrrole nitrogens is 1. The van der Waals surface area contributed by atoms with Crippen molar-refractivity contribution in [3.05, 3.63) is 44.9 Å². The highest BCUT2D eigenvalue weighted by atomic mass is 79.9. The molecule has 2 aromatic heterocycles. The molecule has 118 valence electrons. The summed E-state index contributed by atoms with van der Waals surface area (Å²) in [4.78, 5) is 19.2. The molecule has 1 aromatic carbocycles. The summed E-state index contributed by atoms with van der Waals surface area (Å²) in [5, 5.41) is 4.91. The van der Waals surface area contributed by atoms with Gasteiger partial charge in [0.2, 0.25) is 5.56 Å². The van der Waals surface area contributed by atoms with Crippen molar-refractivity contribution in [3.8, 4) is 11.5 Å². The van der Waals surface area contributed by atoms with E-state index in [0.717, 1.165) is 41.1 Å². The van der Waals surface area contributed by atoms with Gasteiger partial charge in [0, 0.05) is 21.4 Å². The minimum absolute atomic E-state index is 0.210. The third-order valence-corrected chi connectivity index (χ3v) is 4.90. The number of benzene rings is 1. The molecule has 0 atom stereocenters. The zero-order valence-electron chi connectivity index (χ0n) is 12.3. The summed E-state index contributed by atoms with van der Waals surface area (Å²) in [5.74, 6) is 0.847. The van der Waals surface area contributed by atoms with Crippen molar-refractivity contribution in [1.29, 1.82) is 0 Å². The van der Waals surface area contributed by atoms with Crippen molar-refractivity contribution < 1.29 is 4.52 Å². The lowest BCUT2D eigenvalue weighted by Gasteiger charge is -2.17. The lowest BCUT2D eigenvalue weighted by Crippen LogP contribution is -2.34. The van der Waals surface area contributed by atoms with E-state index in [4.69, 9.17) is 10.3 Å². The summed E-state index contributed by atoms with van der Waals surface area (Å²) in [6.45, 7) is 0. The zero-order chi connectivity index (χ0) is 16.0. The summed E-state index contributed by atoms with van der Waals surface area (Å²) >= 11 is 3.45. The van der Waals surface area contributed by atoms with Crippen LogP contribution in [0, 0.1) is 0 Å². The smallest absolute Gasteiger partial charge is 0.258 e. The van der Waals surface area contributed by atoms with Gasteiger partial charge < -0.3 is 15.2 Å². The van der Waals surface area contributed by atoms with E-state index in [2.05, 4.69) is 31.1 Å². The van der Waals surface area contributed by atoms with E-state index in [-0.39, 0.29) is 5.56 Å². The molecular formula is C16H15BrN4O2. The summed E-state index contributed by atoms with van der Waals surface area (Å²) in [6, 6.07) is 7.10. The van der Waals surface area contributed by atoms with Gasteiger partial charge in [0.1, 0.15) is 0 Å². The average molecular weight is 375 g/mol. The second-order valence-corrected chi connectivity index (χ2v) is 6.94. The molecule has 2 heterocycles. The minimum atomic E-state index is -0.515. The molecule has 1 aliphatic rings. The molecule has 7 heteroatoms. The van der Waals surface area contributed by atoms with Crippen LogP contribution in [0.4, 0.5) is 0 Å². The maximum absolute atomic E-state index is 11.9. The Kier molecular flexibility index (Phi) is 3.35. The van der Waals surface area contributed by atoms with E-state index in [1.54, 1.807) is 0 Å². The van der Waals surface area contributed by atoms with Gasteiger partial charge in [-0.2, -0.15) is 4.98 Å². The third-order valence-electron chi connectivity index (χ3n) is 4.40. The molecule has 0 amide bonds. The number of aromatic nitrogens is 3. The fraction of sp³-hybridized carbons (Fsp3) is 0.312. The number of hydrogen-bond donors (Lipinski definition) is 2. The van der Waals surface area contributed by atoms with Crippen molar-refractivity contribution in [3.63, 3.8) is 0 Å². The summed E-state index contributed by atoms with van der Waals surface area (Å²) in [7, 11) is 0. The first kappa shape index (κ1) is 14.6. The average Bonchev–Trinajstić information content (AvgIpc) is 3.17. The van der Waals surface area contributed by atoms with E-state index in [1.807, 2.05) is 18.2 Å². The van der Waals surface area contributed by atoms with Gasteiger partial charge in [0.15, 0.2) is 5.82 Å². The highest BCUT2D eigenvalue weighted by molar-refractivity contribution is 9.10. The van der Waals surface area contributed by atoms with Crippen LogP contribution in [0.5, 0.6) is 0 Å². The van der Waals surface area contributed by atoms with E-state index < -0.39 is 5.54 Å². The van der Waals surface area contributed by atoms with Crippen LogP contribution >= 0.6 is 15.9 Å². The number of hydrogen-bond acceptors (Lipinski definition) is 5. The van der Waals surface area contributed by atoms with Gasteiger partial charge in [-0.05, 0) is 31.0 Å². The highest BCUT2D eigenvalue weighted by Gasteiger charge is 2.36. The van der Waals surface area contributed by atoms with Crippen LogP contribution in [-0.2, 0) is 5.54 Å². The molecule has 0 saturated heterocycles. The first-order chi connectivity index (χ1) is 11.0. The fourth-order valence-electron chi connectivity index (χ4n) is 3.17. The molecule has 0 spiro atoms. The number of nitrogens with zero attached hydrogens (tertiary/aromatic N) is 2. The molecule has 3 aromatic rings. The van der Waals surface area contributed by atoms with Crippen LogP contribution in [-0.4, -0.2) is 15.1 Å². The molecule has 1 saturated carbocycles. The molecule has 0 aliphatic heterocycles. The van der Waals surface area contributed by atoms with Crippen LogP contribution in [0.15, 0.2) is 38.1 Å². The van der Waals surface area contributed by atoms with E-state index >= 15 is 0 Å². The number of pyridine rings is 1. The Labute approximate surface area is 140 Å².